The van der Waals surface area contributed by atoms with Crippen molar-refractivity contribution >= 4 is 0 Å². The third kappa shape index (κ3) is 2.65. The first-order valence-corrected chi connectivity index (χ1v) is 8.10. The van der Waals surface area contributed by atoms with Crippen molar-refractivity contribution < 1.29 is 9.05 Å². The molecule has 0 unspecified atom stereocenters. The van der Waals surface area contributed by atoms with Crippen molar-refractivity contribution in [2.75, 3.05) is 6.54 Å². The van der Waals surface area contributed by atoms with Crippen molar-refractivity contribution in [2.45, 2.75) is 64.0 Å². The predicted molar refractivity (Wildman–Crippen MR) is 77.0 cm³/mol. The molecule has 0 amide bonds. The highest BCUT2D eigenvalue weighted by molar-refractivity contribution is 5.05. The molecule has 2 fully saturated rings. The zero-order valence-electron chi connectivity index (χ0n) is 13.0. The van der Waals surface area contributed by atoms with Gasteiger partial charge in [0.2, 0.25) is 11.8 Å². The molecule has 2 aromatic rings. The van der Waals surface area contributed by atoms with Gasteiger partial charge in [-0.2, -0.15) is 9.97 Å². The van der Waals surface area contributed by atoms with Crippen molar-refractivity contribution in [3.8, 4) is 0 Å². The molecule has 0 aromatic carbocycles. The predicted octanol–water partition coefficient (Wildman–Crippen LogP) is 2.79. The minimum absolute atomic E-state index is 0.200. The zero-order valence-corrected chi connectivity index (χ0v) is 13.0. The average Bonchev–Trinajstić information content (AvgIpc) is 2.95. The summed E-state index contributed by atoms with van der Waals surface area (Å²) in [6.45, 7) is 5.77. The second-order valence-electron chi connectivity index (χ2n) is 6.59. The summed E-state index contributed by atoms with van der Waals surface area (Å²) in [4.78, 5) is 11.4. The van der Waals surface area contributed by atoms with Gasteiger partial charge in [0.25, 0.3) is 0 Å². The van der Waals surface area contributed by atoms with E-state index in [9.17, 15) is 0 Å². The van der Waals surface area contributed by atoms with Crippen LogP contribution in [0.5, 0.6) is 0 Å². The van der Waals surface area contributed by atoms with Gasteiger partial charge in [-0.25, -0.2) is 0 Å². The van der Waals surface area contributed by atoms with E-state index in [4.69, 9.17) is 9.05 Å². The molecule has 1 aliphatic heterocycles. The minimum Gasteiger partial charge on any atom is -0.339 e. The molecule has 0 bridgehead atoms. The molecule has 7 heteroatoms. The van der Waals surface area contributed by atoms with Gasteiger partial charge < -0.3 is 9.05 Å². The molecule has 1 aliphatic carbocycles. The number of likely N-dealkylation sites (tertiary alicyclic amines) is 1. The molecule has 2 aromatic heterocycles. The monoisotopic (exact) mass is 303 g/mol. The van der Waals surface area contributed by atoms with Crippen LogP contribution in [0.3, 0.4) is 0 Å². The van der Waals surface area contributed by atoms with Gasteiger partial charge in [-0.05, 0) is 32.2 Å². The summed E-state index contributed by atoms with van der Waals surface area (Å²) in [5, 5.41) is 8.22. The van der Waals surface area contributed by atoms with Crippen LogP contribution < -0.4 is 0 Å². The number of aromatic nitrogens is 4. The Bertz CT molecular complexity index is 646. The normalized spacial score (nSPS) is 22.8. The Hall–Kier alpha value is -1.76. The van der Waals surface area contributed by atoms with Gasteiger partial charge in [0, 0.05) is 11.8 Å². The minimum atomic E-state index is 0.200. The van der Waals surface area contributed by atoms with E-state index in [2.05, 4.69) is 39.0 Å². The van der Waals surface area contributed by atoms with E-state index in [-0.39, 0.29) is 12.0 Å². The fourth-order valence-electron chi connectivity index (χ4n) is 2.93. The highest BCUT2D eigenvalue weighted by Gasteiger charge is 2.34. The van der Waals surface area contributed by atoms with Crippen molar-refractivity contribution in [2.24, 2.45) is 0 Å². The van der Waals surface area contributed by atoms with Crippen molar-refractivity contribution in [1.29, 1.82) is 0 Å². The van der Waals surface area contributed by atoms with E-state index < -0.39 is 0 Å². The fraction of sp³-hybridized carbons (Fsp3) is 0.733. The van der Waals surface area contributed by atoms with Crippen LogP contribution in [0.25, 0.3) is 0 Å². The summed E-state index contributed by atoms with van der Waals surface area (Å²) in [5.74, 6) is 3.83. The van der Waals surface area contributed by atoms with Gasteiger partial charge in [0.15, 0.2) is 11.6 Å². The van der Waals surface area contributed by atoms with Crippen LogP contribution in [0.15, 0.2) is 9.05 Å². The quantitative estimate of drug-likeness (QED) is 0.840. The Kier molecular flexibility index (Phi) is 3.44. The molecule has 1 atom stereocenters. The van der Waals surface area contributed by atoms with Gasteiger partial charge >= 0.3 is 0 Å². The standard InChI is InChI=1S/C15H21N5O2/c1-9(2)13-16-12(21-18-13)8-20-7-3-4-11(20)14-17-15(22-19-14)10-5-6-10/h9-11H,3-8H2,1-2H3/t11-/m0/s1. The van der Waals surface area contributed by atoms with E-state index in [0.29, 0.717) is 18.4 Å². The molecule has 1 saturated heterocycles. The molecular formula is C15H21N5O2. The van der Waals surface area contributed by atoms with Gasteiger partial charge in [-0.15, -0.1) is 0 Å². The number of rotatable bonds is 5. The van der Waals surface area contributed by atoms with Gasteiger partial charge in [-0.1, -0.05) is 24.2 Å². The number of nitrogens with zero attached hydrogens (tertiary/aromatic N) is 5. The topological polar surface area (TPSA) is 81.1 Å². The average molecular weight is 303 g/mol. The molecule has 1 saturated carbocycles. The molecule has 4 rings (SSSR count). The molecule has 118 valence electrons. The first-order valence-electron chi connectivity index (χ1n) is 8.10. The summed E-state index contributed by atoms with van der Waals surface area (Å²) < 4.78 is 10.8. The van der Waals surface area contributed by atoms with E-state index in [0.717, 1.165) is 36.9 Å². The van der Waals surface area contributed by atoms with Crippen LogP contribution in [0.2, 0.25) is 0 Å². The van der Waals surface area contributed by atoms with Crippen LogP contribution >= 0.6 is 0 Å². The molecular weight excluding hydrogens is 282 g/mol. The van der Waals surface area contributed by atoms with Gasteiger partial charge in [0.05, 0.1) is 12.6 Å². The first kappa shape index (κ1) is 13.9. The zero-order chi connectivity index (χ0) is 15.1. The van der Waals surface area contributed by atoms with E-state index in [1.165, 1.54) is 12.8 Å². The Morgan fingerprint density at radius 2 is 2.00 bits per heavy atom. The molecule has 3 heterocycles. The Morgan fingerprint density at radius 3 is 2.73 bits per heavy atom. The van der Waals surface area contributed by atoms with Crippen LogP contribution in [-0.4, -0.2) is 31.7 Å². The van der Waals surface area contributed by atoms with Crippen molar-refractivity contribution in [1.82, 2.24) is 25.2 Å². The summed E-state index contributed by atoms with van der Waals surface area (Å²) in [7, 11) is 0. The van der Waals surface area contributed by atoms with Crippen LogP contribution in [0.4, 0.5) is 0 Å². The van der Waals surface area contributed by atoms with Crippen LogP contribution in [0.1, 0.15) is 80.8 Å². The maximum atomic E-state index is 5.40. The molecule has 7 nitrogen and oxygen atoms in total. The van der Waals surface area contributed by atoms with E-state index in [1.807, 2.05) is 0 Å². The highest BCUT2D eigenvalue weighted by Crippen LogP contribution is 2.40. The lowest BCUT2D eigenvalue weighted by molar-refractivity contribution is 0.202. The lowest BCUT2D eigenvalue weighted by Crippen LogP contribution is -2.23. The third-order valence-corrected chi connectivity index (χ3v) is 4.38. The Balaban J connectivity index is 1.47. The second-order valence-corrected chi connectivity index (χ2v) is 6.59. The number of hydrogen-bond donors (Lipinski definition) is 0. The van der Waals surface area contributed by atoms with Gasteiger partial charge in [-0.3, -0.25) is 4.90 Å². The maximum Gasteiger partial charge on any atom is 0.240 e. The number of hydrogen-bond acceptors (Lipinski definition) is 7. The summed E-state index contributed by atoms with van der Waals surface area (Å²) in [5.41, 5.74) is 0. The fourth-order valence-corrected chi connectivity index (χ4v) is 2.93. The maximum absolute atomic E-state index is 5.40. The Morgan fingerprint density at radius 1 is 1.14 bits per heavy atom. The molecule has 0 spiro atoms. The van der Waals surface area contributed by atoms with Crippen LogP contribution in [-0.2, 0) is 6.54 Å². The lowest BCUT2D eigenvalue weighted by atomic mass is 10.2. The first-order chi connectivity index (χ1) is 10.7. The van der Waals surface area contributed by atoms with E-state index >= 15 is 0 Å². The SMILES string of the molecule is CC(C)c1noc(CN2CCC[C@H]2c2noc(C3CC3)n2)n1. The lowest BCUT2D eigenvalue weighted by Gasteiger charge is -2.19. The van der Waals surface area contributed by atoms with Gasteiger partial charge in [0.1, 0.15) is 0 Å². The van der Waals surface area contributed by atoms with Crippen molar-refractivity contribution in [3.05, 3.63) is 23.4 Å². The second kappa shape index (κ2) is 5.46. The highest BCUT2D eigenvalue weighted by atomic mass is 16.5. The largest absolute Gasteiger partial charge is 0.339 e. The molecule has 0 radical (unpaired) electrons. The van der Waals surface area contributed by atoms with E-state index in [1.54, 1.807) is 0 Å². The van der Waals surface area contributed by atoms with Crippen LogP contribution in [0, 0.1) is 0 Å². The molecule has 2 aliphatic rings. The summed E-state index contributed by atoms with van der Waals surface area (Å²) in [6, 6.07) is 0.200. The Labute approximate surface area is 129 Å². The summed E-state index contributed by atoms with van der Waals surface area (Å²) >= 11 is 0. The summed E-state index contributed by atoms with van der Waals surface area (Å²) in [6.07, 6.45) is 4.53. The third-order valence-electron chi connectivity index (χ3n) is 4.38. The van der Waals surface area contributed by atoms with Crippen molar-refractivity contribution in [3.63, 3.8) is 0 Å². The smallest absolute Gasteiger partial charge is 0.240 e. The molecule has 22 heavy (non-hydrogen) atoms. The molecule has 0 N–H and O–H groups in total.